The first-order valence-corrected chi connectivity index (χ1v) is 21.9. The quantitative estimate of drug-likeness (QED) is 0.0841. The maximum absolute atomic E-state index is 7.16. The minimum Gasteiger partial charge on any atom is -0.497 e. The molecule has 9 nitrogen and oxygen atoms in total. The minimum absolute atomic E-state index is 0.272. The molecule has 1 fully saturated rings. The topological polar surface area (TPSA) is 90.4 Å². The molecule has 318 valence electrons. The zero-order chi connectivity index (χ0) is 43.1. The third kappa shape index (κ3) is 8.78. The second-order valence-corrected chi connectivity index (χ2v) is 16.6. The Hall–Kier alpha value is -6.14. The van der Waals surface area contributed by atoms with Crippen LogP contribution in [0.2, 0.25) is 0 Å². The molecular formula is C53H48BrN4O5-. The highest BCUT2D eigenvalue weighted by Gasteiger charge is 2.57. The molecule has 0 N–H and O–H groups in total. The van der Waals surface area contributed by atoms with Gasteiger partial charge in [0.1, 0.15) is 29.7 Å². The Morgan fingerprint density at radius 2 is 1.21 bits per heavy atom. The van der Waals surface area contributed by atoms with E-state index in [1.807, 2.05) is 114 Å². The van der Waals surface area contributed by atoms with Crippen LogP contribution in [0.3, 0.4) is 0 Å². The van der Waals surface area contributed by atoms with Gasteiger partial charge in [-0.15, -0.1) is 0 Å². The van der Waals surface area contributed by atoms with Crippen LogP contribution in [-0.2, 0) is 44.3 Å². The number of benzene rings is 6. The molecule has 10 heteroatoms. The molecule has 0 bridgehead atoms. The van der Waals surface area contributed by atoms with Crippen molar-refractivity contribution in [1.29, 1.82) is 0 Å². The van der Waals surface area contributed by atoms with Gasteiger partial charge in [-0.1, -0.05) is 164 Å². The van der Waals surface area contributed by atoms with Gasteiger partial charge in [-0.05, 0) is 80.3 Å². The van der Waals surface area contributed by atoms with E-state index in [0.29, 0.717) is 31.2 Å². The van der Waals surface area contributed by atoms with Crippen molar-refractivity contribution in [3.05, 3.63) is 237 Å². The number of nitrogens with zero attached hydrogens (tertiary/aromatic N) is 4. The molecule has 6 aromatic carbocycles. The summed E-state index contributed by atoms with van der Waals surface area (Å²) in [7, 11) is 1.67. The summed E-state index contributed by atoms with van der Waals surface area (Å²) in [5, 5.41) is 10.6. The highest BCUT2D eigenvalue weighted by Crippen LogP contribution is 2.52. The molecule has 0 amide bonds. The van der Waals surface area contributed by atoms with Gasteiger partial charge in [-0.2, -0.15) is 5.10 Å². The average molecular weight is 901 g/mol. The van der Waals surface area contributed by atoms with Crippen LogP contribution in [0, 0.1) is 0 Å². The molecule has 8 aromatic rings. The number of fused-ring (bicyclic) bond motifs is 1. The van der Waals surface area contributed by atoms with Crippen molar-refractivity contribution in [2.45, 2.75) is 56.2 Å². The Morgan fingerprint density at radius 3 is 1.78 bits per heavy atom. The maximum atomic E-state index is 7.16. The molecule has 0 saturated carbocycles. The van der Waals surface area contributed by atoms with Crippen LogP contribution in [0.25, 0.3) is 10.8 Å². The van der Waals surface area contributed by atoms with Crippen LogP contribution >= 0.6 is 15.9 Å². The molecule has 4 atom stereocenters. The second-order valence-electron chi connectivity index (χ2n) is 15.8. The van der Waals surface area contributed by atoms with Crippen molar-refractivity contribution in [3.63, 3.8) is 0 Å². The number of rotatable bonds is 17. The zero-order valence-electron chi connectivity index (χ0n) is 35.2. The molecule has 1 aliphatic heterocycles. The van der Waals surface area contributed by atoms with Gasteiger partial charge in [-0.3, -0.25) is 0 Å². The van der Waals surface area contributed by atoms with E-state index in [0.717, 1.165) is 49.3 Å². The number of hydrogen-bond donors (Lipinski definition) is 0. The van der Waals surface area contributed by atoms with Crippen LogP contribution < -0.4 is 4.74 Å². The standard InChI is InChI=1S/C53H48BrN4O5/c1-52(62-35-40-22-12-5-13-23-40)49(63-47(36-60-33-38-18-8-3-9-19-38)50(52)61-34-39-20-10-4-11-21-39)46-32-45(54)48-51(55-37-56-58(46)48)57-53(41-24-14-6-15-25-41,42-26-16-7-17-27-42)43-28-30-44(59-2)31-29-43/h3-32,37,47,49-50H,33-36H2,1-2H3/q-1/t47-,49+,50-,52+/m1/s1. The highest BCUT2D eigenvalue weighted by atomic mass is 79.9. The Morgan fingerprint density at radius 1 is 0.683 bits per heavy atom. The summed E-state index contributed by atoms with van der Waals surface area (Å²) >= 11 is 3.95. The van der Waals surface area contributed by atoms with Crippen molar-refractivity contribution in [2.24, 2.45) is 0 Å². The van der Waals surface area contributed by atoms with E-state index in [-0.39, 0.29) is 6.61 Å². The summed E-state index contributed by atoms with van der Waals surface area (Å²) in [5.41, 5.74) is 5.42. The van der Waals surface area contributed by atoms with Crippen molar-refractivity contribution in [2.75, 3.05) is 13.7 Å². The molecular weight excluding hydrogens is 853 g/mol. The fraction of sp³-hybridized carbons (Fsp3) is 0.208. The largest absolute Gasteiger partial charge is 0.497 e. The molecule has 1 aliphatic rings. The lowest BCUT2D eigenvalue weighted by atomic mass is 9.77. The van der Waals surface area contributed by atoms with Gasteiger partial charge < -0.3 is 34.0 Å². The van der Waals surface area contributed by atoms with Gasteiger partial charge in [0.2, 0.25) is 0 Å². The SMILES string of the molecule is COc1ccc(C([N-]c2ncnn3c([C@@H]4O[C@H](COCc5ccccc5)[C@@H](OCc5ccccc5)[C@@]4(C)OCc4ccccc4)cc(Br)c23)(c2ccccc2)c2ccccc2)cc1. The lowest BCUT2D eigenvalue weighted by Crippen LogP contribution is -2.47. The summed E-state index contributed by atoms with van der Waals surface area (Å²) < 4.78 is 35.8. The fourth-order valence-corrected chi connectivity index (χ4v) is 9.16. The molecule has 63 heavy (non-hydrogen) atoms. The van der Waals surface area contributed by atoms with E-state index in [9.17, 15) is 0 Å². The number of ether oxygens (including phenoxy) is 5. The molecule has 0 spiro atoms. The third-order valence-electron chi connectivity index (χ3n) is 11.7. The molecule has 0 unspecified atom stereocenters. The summed E-state index contributed by atoms with van der Waals surface area (Å²) in [6, 6.07) is 61.2. The third-order valence-corrected chi connectivity index (χ3v) is 12.3. The molecule has 9 rings (SSSR count). The van der Waals surface area contributed by atoms with Crippen LogP contribution in [0.15, 0.2) is 193 Å². The zero-order valence-corrected chi connectivity index (χ0v) is 36.8. The van der Waals surface area contributed by atoms with E-state index in [1.165, 1.54) is 0 Å². The Labute approximate surface area is 376 Å². The second kappa shape index (κ2) is 19.1. The van der Waals surface area contributed by atoms with E-state index < -0.39 is 29.5 Å². The maximum Gasteiger partial charge on any atom is 0.131 e. The predicted molar refractivity (Wildman–Crippen MR) is 248 cm³/mol. The van der Waals surface area contributed by atoms with Crippen LogP contribution in [0.1, 0.15) is 52.1 Å². The van der Waals surface area contributed by atoms with E-state index in [1.54, 1.807) is 13.4 Å². The fourth-order valence-electron chi connectivity index (χ4n) is 8.58. The number of halogens is 1. The first kappa shape index (κ1) is 42.2. The molecule has 0 radical (unpaired) electrons. The average Bonchev–Trinajstić information content (AvgIpc) is 3.83. The Bertz CT molecular complexity index is 2650. The summed E-state index contributed by atoms with van der Waals surface area (Å²) in [4.78, 5) is 4.91. The Balaban J connectivity index is 1.15. The molecule has 0 aliphatic carbocycles. The van der Waals surface area contributed by atoms with Gasteiger partial charge >= 0.3 is 0 Å². The van der Waals surface area contributed by atoms with Gasteiger partial charge in [0, 0.05) is 10.8 Å². The number of methoxy groups -OCH3 is 1. The minimum atomic E-state index is -1.03. The van der Waals surface area contributed by atoms with Crippen LogP contribution in [0.4, 0.5) is 5.82 Å². The normalized spacial score (nSPS) is 18.7. The van der Waals surface area contributed by atoms with Gasteiger partial charge in [0.25, 0.3) is 0 Å². The first-order chi connectivity index (χ1) is 31.0. The van der Waals surface area contributed by atoms with E-state index >= 15 is 0 Å². The predicted octanol–water partition coefficient (Wildman–Crippen LogP) is 11.7. The number of hydrogen-bond acceptors (Lipinski definition) is 7. The van der Waals surface area contributed by atoms with E-state index in [2.05, 4.69) is 95.7 Å². The molecule has 1 saturated heterocycles. The highest BCUT2D eigenvalue weighted by molar-refractivity contribution is 9.10. The van der Waals surface area contributed by atoms with Crippen molar-refractivity contribution in [1.82, 2.24) is 14.6 Å². The summed E-state index contributed by atoms with van der Waals surface area (Å²) in [6.07, 6.45) is -0.158. The van der Waals surface area contributed by atoms with E-state index in [4.69, 9.17) is 39.1 Å². The van der Waals surface area contributed by atoms with Crippen molar-refractivity contribution >= 4 is 27.3 Å². The molecule has 2 aromatic heterocycles. The monoisotopic (exact) mass is 899 g/mol. The lowest BCUT2D eigenvalue weighted by molar-refractivity contribution is -0.148. The smallest absolute Gasteiger partial charge is 0.131 e. The van der Waals surface area contributed by atoms with Crippen LogP contribution in [-0.4, -0.2) is 46.1 Å². The van der Waals surface area contributed by atoms with Gasteiger partial charge in [0.05, 0.1) is 50.3 Å². The van der Waals surface area contributed by atoms with Gasteiger partial charge in [0.15, 0.2) is 0 Å². The van der Waals surface area contributed by atoms with Gasteiger partial charge in [-0.25, -0.2) is 4.52 Å². The van der Waals surface area contributed by atoms with Crippen LogP contribution in [0.5, 0.6) is 5.75 Å². The van der Waals surface area contributed by atoms with Crippen molar-refractivity contribution in [3.8, 4) is 5.75 Å². The van der Waals surface area contributed by atoms with Crippen molar-refractivity contribution < 1.29 is 23.7 Å². The lowest BCUT2D eigenvalue weighted by Gasteiger charge is -2.43. The number of aromatic nitrogens is 3. The Kier molecular flexibility index (Phi) is 12.8. The first-order valence-electron chi connectivity index (χ1n) is 21.1. The summed E-state index contributed by atoms with van der Waals surface area (Å²) in [6.45, 7) is 3.46. The molecule has 3 heterocycles. The summed E-state index contributed by atoms with van der Waals surface area (Å²) in [5.74, 6) is 1.23.